The number of aliphatic hydroxyl groups is 2. The fraction of sp³-hybridized carbons (Fsp3) is 0.727. The number of allylic oxidation sites excluding steroid dienone is 3. The number of carbonyl (C=O) groups excluding carboxylic acids is 2. The Kier molecular flexibility index (Phi) is 11.7. The van der Waals surface area contributed by atoms with Gasteiger partial charge in [-0.1, -0.05) is 39.0 Å². The first-order valence-electron chi connectivity index (χ1n) is 10.5. The zero-order chi connectivity index (χ0) is 21.6. The molecular formula is C22H33NaO7. The van der Waals surface area contributed by atoms with Crippen LogP contribution in [0.5, 0.6) is 0 Å². The van der Waals surface area contributed by atoms with Crippen molar-refractivity contribution in [1.29, 1.82) is 0 Å². The minimum atomic E-state index is -1.82. The summed E-state index contributed by atoms with van der Waals surface area (Å²) in [7, 11) is 0. The summed E-state index contributed by atoms with van der Waals surface area (Å²) < 4.78 is 10.0. The minimum absolute atomic E-state index is 0. The molecule has 0 aromatic heterocycles. The van der Waals surface area contributed by atoms with E-state index in [0.717, 1.165) is 19.3 Å². The normalized spacial score (nSPS) is 28.2. The van der Waals surface area contributed by atoms with Gasteiger partial charge in [0, 0.05) is 12.3 Å². The summed E-state index contributed by atoms with van der Waals surface area (Å²) in [5, 5.41) is 30.1. The standard InChI is InChI=1S/C22H34O7.Na/c1-4-13(2)21(25)28-18-7-5-6-15-9-8-14(3)17(20(15)18)11-10-16(23)12-19(24)29-22(26)27;/h6,8-9,13-14,16-20,23-24H,4-5,7,10-12H2,1-3H3,(H,26,27);/q;+1/p-1/t13-,14-,16+,17-,18-,19+,20-;/m0./s1. The largest absolute Gasteiger partial charge is 1.00 e. The zero-order valence-electron chi connectivity index (χ0n) is 18.5. The number of hydrogen-bond donors (Lipinski definition) is 2. The second-order valence-electron chi connectivity index (χ2n) is 8.26. The molecule has 2 aliphatic carbocycles. The van der Waals surface area contributed by atoms with Gasteiger partial charge < -0.3 is 29.6 Å². The second-order valence-corrected chi connectivity index (χ2v) is 8.26. The van der Waals surface area contributed by atoms with E-state index in [1.165, 1.54) is 5.57 Å². The van der Waals surface area contributed by atoms with Crippen LogP contribution in [0.1, 0.15) is 59.3 Å². The molecule has 0 aromatic carbocycles. The first-order chi connectivity index (χ1) is 13.7. The Morgan fingerprint density at radius 2 is 2.03 bits per heavy atom. The third-order valence-corrected chi connectivity index (χ3v) is 6.17. The van der Waals surface area contributed by atoms with E-state index < -0.39 is 18.5 Å². The molecule has 0 saturated heterocycles. The van der Waals surface area contributed by atoms with Crippen LogP contribution in [0.25, 0.3) is 0 Å². The van der Waals surface area contributed by atoms with Crippen molar-refractivity contribution in [2.45, 2.75) is 77.8 Å². The first-order valence-corrected chi connectivity index (χ1v) is 10.5. The summed E-state index contributed by atoms with van der Waals surface area (Å²) in [6.07, 6.45) is 5.17. The van der Waals surface area contributed by atoms with Crippen molar-refractivity contribution in [3.05, 3.63) is 23.8 Å². The van der Waals surface area contributed by atoms with E-state index in [1.54, 1.807) is 0 Å². The number of hydrogen-bond acceptors (Lipinski definition) is 7. The van der Waals surface area contributed by atoms with Crippen LogP contribution in [-0.4, -0.2) is 40.8 Å². The molecule has 0 spiro atoms. The van der Waals surface area contributed by atoms with Crippen molar-refractivity contribution in [3.8, 4) is 0 Å². The van der Waals surface area contributed by atoms with Gasteiger partial charge in [-0.3, -0.25) is 4.79 Å². The zero-order valence-corrected chi connectivity index (χ0v) is 20.5. The number of carbonyl (C=O) groups is 2. The molecule has 2 N–H and O–H groups in total. The molecule has 8 heteroatoms. The van der Waals surface area contributed by atoms with Gasteiger partial charge in [0.1, 0.15) is 12.4 Å². The summed E-state index contributed by atoms with van der Waals surface area (Å²) in [5.41, 5.74) is 1.18. The van der Waals surface area contributed by atoms with Crippen LogP contribution in [0.4, 0.5) is 4.79 Å². The summed E-state index contributed by atoms with van der Waals surface area (Å²) in [6.45, 7) is 5.95. The number of fused-ring (bicyclic) bond motifs is 1. The van der Waals surface area contributed by atoms with Crippen molar-refractivity contribution in [2.75, 3.05) is 0 Å². The monoisotopic (exact) mass is 432 g/mol. The van der Waals surface area contributed by atoms with Gasteiger partial charge in [0.2, 0.25) is 0 Å². The van der Waals surface area contributed by atoms with Gasteiger partial charge in [-0.25, -0.2) is 0 Å². The average molecular weight is 432 g/mol. The molecular weight excluding hydrogens is 399 g/mol. The molecule has 0 saturated carbocycles. The maximum Gasteiger partial charge on any atom is 1.00 e. The second kappa shape index (κ2) is 12.9. The van der Waals surface area contributed by atoms with E-state index >= 15 is 0 Å². The van der Waals surface area contributed by atoms with Crippen molar-refractivity contribution < 1.29 is 63.9 Å². The summed E-state index contributed by atoms with van der Waals surface area (Å²) in [6, 6.07) is 0. The Balaban J connectivity index is 0.00000450. The molecule has 30 heavy (non-hydrogen) atoms. The SMILES string of the molecule is CC[C@H](C)C(=O)O[C@H]1CCC=C2C=C[C@H](C)[C@H](CC[C@@H](O)C[C@H](O)OC(=O)[O-])[C@H]21.[Na+]. The number of esters is 1. The molecule has 0 unspecified atom stereocenters. The van der Waals surface area contributed by atoms with Crippen molar-refractivity contribution in [2.24, 2.45) is 23.7 Å². The molecule has 0 aromatic rings. The quantitative estimate of drug-likeness (QED) is 0.282. The van der Waals surface area contributed by atoms with Gasteiger partial charge in [-0.05, 0) is 49.5 Å². The third-order valence-electron chi connectivity index (χ3n) is 6.17. The Labute approximate surface area is 200 Å². The van der Waals surface area contributed by atoms with E-state index in [1.807, 2.05) is 13.8 Å². The Hall–Kier alpha value is -0.860. The van der Waals surface area contributed by atoms with E-state index in [-0.39, 0.29) is 71.7 Å². The predicted molar refractivity (Wildman–Crippen MR) is 104 cm³/mol. The molecule has 0 aliphatic heterocycles. The fourth-order valence-corrected chi connectivity index (χ4v) is 4.28. The van der Waals surface area contributed by atoms with E-state index in [4.69, 9.17) is 4.74 Å². The molecule has 0 fully saturated rings. The van der Waals surface area contributed by atoms with Gasteiger partial charge in [-0.2, -0.15) is 0 Å². The number of ether oxygens (including phenoxy) is 2. The smallest absolute Gasteiger partial charge is 0.521 e. The first kappa shape index (κ1) is 27.2. The van der Waals surface area contributed by atoms with Gasteiger partial charge in [0.05, 0.1) is 12.0 Å². The topological polar surface area (TPSA) is 116 Å². The van der Waals surface area contributed by atoms with Crippen LogP contribution < -0.4 is 34.7 Å². The molecule has 0 heterocycles. The van der Waals surface area contributed by atoms with Crippen molar-refractivity contribution in [3.63, 3.8) is 0 Å². The van der Waals surface area contributed by atoms with Crippen LogP contribution in [0.2, 0.25) is 0 Å². The van der Waals surface area contributed by atoms with E-state index in [0.29, 0.717) is 12.8 Å². The van der Waals surface area contributed by atoms with E-state index in [2.05, 4.69) is 29.9 Å². The molecule has 2 rings (SSSR count). The van der Waals surface area contributed by atoms with Crippen LogP contribution in [0, 0.1) is 23.7 Å². The van der Waals surface area contributed by atoms with Crippen molar-refractivity contribution in [1.82, 2.24) is 0 Å². The van der Waals surface area contributed by atoms with Crippen LogP contribution in [0.3, 0.4) is 0 Å². The Morgan fingerprint density at radius 3 is 2.67 bits per heavy atom. The Morgan fingerprint density at radius 1 is 1.33 bits per heavy atom. The maximum atomic E-state index is 12.4. The molecule has 7 nitrogen and oxygen atoms in total. The molecule has 2 aliphatic rings. The predicted octanol–water partition coefficient (Wildman–Crippen LogP) is -0.684. The number of carboxylic acid groups (broad SMARTS) is 1. The van der Waals surface area contributed by atoms with E-state index in [9.17, 15) is 24.9 Å². The van der Waals surface area contributed by atoms with Gasteiger partial charge in [-0.15, -0.1) is 0 Å². The summed E-state index contributed by atoms with van der Waals surface area (Å²) >= 11 is 0. The summed E-state index contributed by atoms with van der Waals surface area (Å²) in [5.74, 6) is 0.203. The maximum absolute atomic E-state index is 12.4. The van der Waals surface area contributed by atoms with Gasteiger partial charge >= 0.3 is 35.5 Å². The summed E-state index contributed by atoms with van der Waals surface area (Å²) in [4.78, 5) is 22.7. The van der Waals surface area contributed by atoms with Crippen molar-refractivity contribution >= 4 is 12.1 Å². The van der Waals surface area contributed by atoms with Gasteiger partial charge in [0.15, 0.2) is 0 Å². The van der Waals surface area contributed by atoms with Crippen LogP contribution >= 0.6 is 0 Å². The van der Waals surface area contributed by atoms with Crippen LogP contribution in [-0.2, 0) is 14.3 Å². The van der Waals surface area contributed by atoms with Crippen LogP contribution in [0.15, 0.2) is 23.8 Å². The molecule has 0 bridgehead atoms. The molecule has 7 atom stereocenters. The molecule has 0 amide bonds. The third kappa shape index (κ3) is 7.68. The number of rotatable bonds is 9. The average Bonchev–Trinajstić information content (AvgIpc) is 2.66. The van der Waals surface area contributed by atoms with Gasteiger partial charge in [0.25, 0.3) is 6.16 Å². The molecule has 0 radical (unpaired) electrons. The fourth-order valence-electron chi connectivity index (χ4n) is 4.28. The Bertz CT molecular complexity index is 633. The number of aliphatic hydroxyl groups excluding tert-OH is 2. The minimum Gasteiger partial charge on any atom is -0.521 e. The molecule has 164 valence electrons.